The van der Waals surface area contributed by atoms with Crippen LogP contribution in [0.3, 0.4) is 0 Å². The molecule has 1 nitrogen and oxygen atoms in total. The molecule has 5 heteroatoms. The van der Waals surface area contributed by atoms with Crippen LogP contribution in [0, 0.1) is 0 Å². The zero-order chi connectivity index (χ0) is 7.44. The zero-order valence-corrected chi connectivity index (χ0v) is 8.38. The van der Waals surface area contributed by atoms with Crippen molar-refractivity contribution in [2.24, 2.45) is 0 Å². The first kappa shape index (κ1) is 9.68. The summed E-state index contributed by atoms with van der Waals surface area (Å²) in [5, 5.41) is 0. The zero-order valence-electron chi connectivity index (χ0n) is 5.12. The molecule has 0 fully saturated rings. The largest absolute Gasteiger partial charge is 0.506 e. The lowest BCUT2D eigenvalue weighted by Crippen LogP contribution is -2.08. The van der Waals surface area contributed by atoms with Gasteiger partial charge in [-0.25, -0.2) is 0 Å². The summed E-state index contributed by atoms with van der Waals surface area (Å²) >= 11 is 14.1. The maximum Gasteiger partial charge on any atom is 0.0911 e. The predicted molar refractivity (Wildman–Crippen MR) is 50.9 cm³/mol. The second-order valence-electron chi connectivity index (χ2n) is 1.65. The Balaban J connectivity index is 3.79. The maximum absolute atomic E-state index is 5.05. The molecule has 0 spiro atoms. The Morgan fingerprint density at radius 1 is 1.44 bits per heavy atom. The smallest absolute Gasteiger partial charge is 0.0911 e. The molecule has 0 atom stereocenters. The fraction of sp³-hybridized carbons (Fsp3) is 0.750. The quantitative estimate of drug-likeness (QED) is 0.464. The Bertz CT molecular complexity index is 161. The number of hydrogen-bond acceptors (Lipinski definition) is 5. The van der Waals surface area contributed by atoms with Crippen LogP contribution in [0.4, 0.5) is 0 Å². The molecule has 0 bridgehead atoms. The van der Waals surface area contributed by atoms with Crippen LogP contribution in [0.1, 0.15) is 13.8 Å². The summed E-state index contributed by atoms with van der Waals surface area (Å²) in [6, 6.07) is 0. The lowest BCUT2D eigenvalue weighted by Gasteiger charge is -2.12. The molecule has 0 radical (unpaired) electrons. The molecule has 0 aliphatic carbocycles. The first-order valence-electron chi connectivity index (χ1n) is 2.34. The summed E-state index contributed by atoms with van der Waals surface area (Å²) in [5.74, 6) is 0. The summed E-state index contributed by atoms with van der Waals surface area (Å²) in [5.41, 5.74) is 0. The fourth-order valence-electron chi connectivity index (χ4n) is 0.232. The molecule has 0 saturated carbocycles. The summed E-state index contributed by atoms with van der Waals surface area (Å²) in [6.07, 6.45) is 0.0957. The summed E-state index contributed by atoms with van der Waals surface area (Å²) in [4.78, 5) is 0. The van der Waals surface area contributed by atoms with Gasteiger partial charge in [0.2, 0.25) is 0 Å². The number of hydrogen-bond donors (Lipinski definition) is 0. The molecule has 0 N–H and O–H groups in total. The van der Waals surface area contributed by atoms with Crippen molar-refractivity contribution in [2.75, 3.05) is 0 Å². The third-order valence-corrected chi connectivity index (χ3v) is 2.97. The lowest BCUT2D eigenvalue weighted by molar-refractivity contribution is 0.243. The Morgan fingerprint density at radius 2 is 1.89 bits per heavy atom. The molecule has 0 saturated heterocycles. The van der Waals surface area contributed by atoms with Crippen LogP contribution in [-0.4, -0.2) is 10.5 Å². The average Bonchev–Trinajstić information content (AvgIpc) is 1.63. The van der Waals surface area contributed by atoms with E-state index in [1.54, 1.807) is 0 Å². The van der Waals surface area contributed by atoms with Crippen molar-refractivity contribution >= 4 is 47.0 Å². The normalized spacial score (nSPS) is 10.2. The maximum atomic E-state index is 5.05. The van der Waals surface area contributed by atoms with Crippen LogP contribution in [-0.2, 0) is 35.1 Å². The summed E-state index contributed by atoms with van der Waals surface area (Å²) < 4.78 is 5.42. The Labute approximate surface area is 71.6 Å². The van der Waals surface area contributed by atoms with E-state index in [-0.39, 0.29) is 6.10 Å². The van der Waals surface area contributed by atoms with Crippen LogP contribution in [0.5, 0.6) is 0 Å². The van der Waals surface area contributed by atoms with Gasteiger partial charge in [0.25, 0.3) is 0 Å². The van der Waals surface area contributed by atoms with E-state index in [1.807, 2.05) is 13.8 Å². The first-order chi connectivity index (χ1) is 4.04. The molecule has 0 aliphatic heterocycles. The van der Waals surface area contributed by atoms with Crippen molar-refractivity contribution in [2.45, 2.75) is 20.0 Å². The van der Waals surface area contributed by atoms with Gasteiger partial charge in [-0.2, -0.15) is 0 Å². The van der Waals surface area contributed by atoms with E-state index in [2.05, 4.69) is 0 Å². The highest BCUT2D eigenvalue weighted by atomic mass is 33.1. The van der Waals surface area contributed by atoms with Crippen LogP contribution in [0.25, 0.3) is 0 Å². The molecule has 0 heterocycles. The van der Waals surface area contributed by atoms with E-state index in [1.165, 1.54) is 0 Å². The highest BCUT2D eigenvalue weighted by Crippen LogP contribution is 1.91. The topological polar surface area (TPSA) is 9.23 Å². The van der Waals surface area contributed by atoms with Crippen LogP contribution >= 0.6 is 12.2 Å². The van der Waals surface area contributed by atoms with Gasteiger partial charge in [0.05, 0.1) is 10.5 Å². The van der Waals surface area contributed by atoms with Gasteiger partial charge in [-0.1, -0.05) is 12.2 Å². The fourth-order valence-corrected chi connectivity index (χ4v) is 0.931. The van der Waals surface area contributed by atoms with E-state index in [9.17, 15) is 0 Å². The average molecular weight is 199 g/mol. The van der Waals surface area contributed by atoms with Crippen molar-refractivity contribution in [1.29, 1.82) is 0 Å². The van der Waals surface area contributed by atoms with Crippen LogP contribution in [0.15, 0.2) is 0 Å². The molecule has 0 amide bonds. The van der Waals surface area contributed by atoms with E-state index in [0.29, 0.717) is 4.38 Å². The Kier molecular flexibility index (Phi) is 4.83. The molecule has 54 valence electrons. The summed E-state index contributed by atoms with van der Waals surface area (Å²) in [6.45, 7) is 3.79. The van der Waals surface area contributed by atoms with Gasteiger partial charge in [0.15, 0.2) is 0 Å². The number of rotatable bonds is 1. The van der Waals surface area contributed by atoms with Crippen LogP contribution in [0.2, 0.25) is 0 Å². The highest BCUT2D eigenvalue weighted by Gasteiger charge is 1.89. The van der Waals surface area contributed by atoms with Gasteiger partial charge < -0.3 is 4.74 Å². The second kappa shape index (κ2) is 4.49. The van der Waals surface area contributed by atoms with E-state index >= 15 is 0 Å². The van der Waals surface area contributed by atoms with E-state index in [0.717, 1.165) is 0 Å². The van der Waals surface area contributed by atoms with Gasteiger partial charge in [-0.3, -0.25) is 30.4 Å². The Hall–Kier alpha value is 0.680. The number of thiocarbonyl (C=S) groups is 1. The van der Waals surface area contributed by atoms with Crippen molar-refractivity contribution < 1.29 is 4.74 Å². The first-order valence-corrected chi connectivity index (χ1v) is 5.82. The molecule has 0 aromatic rings. The third kappa shape index (κ3) is 5.14. The molecule has 0 aliphatic rings. The minimum absolute atomic E-state index is 0.0957. The molecular formula is C4H7OS4-. The van der Waals surface area contributed by atoms with E-state index in [4.69, 9.17) is 39.3 Å². The molecule has 0 unspecified atom stereocenters. The van der Waals surface area contributed by atoms with Gasteiger partial charge in [0, 0.05) is 0 Å². The van der Waals surface area contributed by atoms with Gasteiger partial charge in [-0.05, 0) is 13.8 Å². The number of ether oxygens (including phenoxy) is 1. The molecule has 0 aromatic carbocycles. The standard InChI is InChI=1S/C4H7OS4/c1-3(2)5-4(6)9(7)8/h3H,1-2H3/q-1. The second-order valence-corrected chi connectivity index (χ2v) is 5.75. The Morgan fingerprint density at radius 3 is 2.00 bits per heavy atom. The van der Waals surface area contributed by atoms with Gasteiger partial charge in [0.1, 0.15) is 0 Å². The SMILES string of the molecule is CC(C)OC(=S)[S-](=S)=S. The lowest BCUT2D eigenvalue weighted by atomic mass is 10.5. The molecule has 0 rings (SSSR count). The minimum atomic E-state index is -0.705. The van der Waals surface area contributed by atoms with Crippen molar-refractivity contribution in [1.82, 2.24) is 0 Å². The van der Waals surface area contributed by atoms with Gasteiger partial charge in [-0.15, -0.1) is 0 Å². The summed E-state index contributed by atoms with van der Waals surface area (Å²) in [7, 11) is -0.705. The minimum Gasteiger partial charge on any atom is -0.506 e. The predicted octanol–water partition coefficient (Wildman–Crippen LogP) is 1.24. The highest BCUT2D eigenvalue weighted by molar-refractivity contribution is 8.55. The molecule has 9 heavy (non-hydrogen) atoms. The van der Waals surface area contributed by atoms with Crippen molar-refractivity contribution in [3.05, 3.63) is 0 Å². The van der Waals surface area contributed by atoms with Crippen LogP contribution < -0.4 is 0 Å². The molecular weight excluding hydrogens is 192 g/mol. The monoisotopic (exact) mass is 199 g/mol. The third-order valence-electron chi connectivity index (χ3n) is 0.468. The van der Waals surface area contributed by atoms with Crippen molar-refractivity contribution in [3.8, 4) is 0 Å². The van der Waals surface area contributed by atoms with Crippen molar-refractivity contribution in [3.63, 3.8) is 0 Å². The van der Waals surface area contributed by atoms with Gasteiger partial charge >= 0.3 is 0 Å². The molecule has 0 aromatic heterocycles. The van der Waals surface area contributed by atoms with E-state index < -0.39 is 8.01 Å².